The summed E-state index contributed by atoms with van der Waals surface area (Å²) in [7, 11) is 3.80. The summed E-state index contributed by atoms with van der Waals surface area (Å²) >= 11 is 12.6. The fourth-order valence-electron chi connectivity index (χ4n) is 14.5. The van der Waals surface area contributed by atoms with Crippen LogP contribution in [0.2, 0.25) is 10.0 Å². The van der Waals surface area contributed by atoms with Crippen molar-refractivity contribution in [2.24, 2.45) is 14.1 Å². The van der Waals surface area contributed by atoms with Crippen LogP contribution in [0.15, 0.2) is 341 Å². The molecule has 5 aromatic heterocycles. The van der Waals surface area contributed by atoms with Gasteiger partial charge >= 0.3 is 30.9 Å². The van der Waals surface area contributed by atoms with Crippen molar-refractivity contribution in [1.82, 2.24) is 58.6 Å². The zero-order valence-electron chi connectivity index (χ0n) is 79.1. The molecular formula is C109H105Cl2F17N12O5. The van der Waals surface area contributed by atoms with E-state index in [-0.39, 0.29) is 24.8 Å². The van der Waals surface area contributed by atoms with Gasteiger partial charge in [-0.2, -0.15) is 65.9 Å². The zero-order valence-corrected chi connectivity index (χ0v) is 80.6. The standard InChI is InChI=1S/C23H23F3N2O.C22H20ClF3N2O.C22H20F4N2O.C21H21ClF3N3O.C21H21F4N3O/c1-18-5-2-3-7-20(18)17-28(16-19-6-4-12-27-15-19)13-14-29-22-10-8-21(9-11-22)23(24,25)26;2*23-21-6-2-1-5-18(21)16-28(15-17-4-3-11-27-14-17)12-13-29-20-9-7-19(8-10-20)22(24,25)26;2*1-27-11-10-26-20(27)15-28(14-16-4-2-3-5-19(16)22)12-13-29-18-8-6-17(7-9-18)21(23,24)25/h2-12,15H,13-14,16-17H2,1H3;2*1-11,14H,12-13,15-16H2;2*2-11H,12-15H2,1H3. The molecule has 0 unspecified atom stereocenters. The number of halogens is 19. The summed E-state index contributed by atoms with van der Waals surface area (Å²) < 4.78 is 250. The van der Waals surface area contributed by atoms with Gasteiger partial charge in [0.15, 0.2) is 0 Å². The predicted molar refractivity (Wildman–Crippen MR) is 521 cm³/mol. The largest absolute Gasteiger partial charge is 0.492 e. The molecule has 17 nitrogen and oxygen atoms in total. The van der Waals surface area contributed by atoms with Gasteiger partial charge in [0.05, 0.1) is 40.9 Å². The molecule has 36 heteroatoms. The second-order valence-electron chi connectivity index (χ2n) is 33.2. The quantitative estimate of drug-likeness (QED) is 0.0337. The maximum Gasteiger partial charge on any atom is 0.416 e. The van der Waals surface area contributed by atoms with Crippen molar-refractivity contribution in [3.63, 3.8) is 0 Å². The Hall–Kier alpha value is -13.7. The smallest absolute Gasteiger partial charge is 0.416 e. The molecule has 0 aliphatic carbocycles. The van der Waals surface area contributed by atoms with E-state index in [0.29, 0.717) is 161 Å². The van der Waals surface area contributed by atoms with Gasteiger partial charge in [0.25, 0.3) is 0 Å². The van der Waals surface area contributed by atoms with Crippen molar-refractivity contribution in [2.45, 2.75) is 103 Å². The van der Waals surface area contributed by atoms with Gasteiger partial charge in [-0.25, -0.2) is 18.7 Å². The number of pyridine rings is 3. The highest BCUT2D eigenvalue weighted by molar-refractivity contribution is 6.31. The molecule has 0 amide bonds. The summed E-state index contributed by atoms with van der Waals surface area (Å²) in [6.45, 7) is 11.9. The Bertz CT molecular complexity index is 5810. The lowest BCUT2D eigenvalue weighted by Crippen LogP contribution is -2.29. The fraction of sp³-hybridized carbons (Fsp3) is 0.257. The van der Waals surface area contributed by atoms with Crippen molar-refractivity contribution < 1.29 is 98.3 Å². The molecule has 0 saturated heterocycles. The molecule has 0 atom stereocenters. The first-order valence-electron chi connectivity index (χ1n) is 45.6. The van der Waals surface area contributed by atoms with Crippen LogP contribution in [0.1, 0.15) is 89.5 Å². The lowest BCUT2D eigenvalue weighted by atomic mass is 10.1. The van der Waals surface area contributed by atoms with Crippen LogP contribution in [0.3, 0.4) is 0 Å². The Balaban J connectivity index is 0.000000173. The minimum atomic E-state index is -4.38. The molecule has 0 aliphatic rings. The third-order valence-corrected chi connectivity index (χ3v) is 23.0. The Morgan fingerprint density at radius 2 is 0.497 bits per heavy atom. The lowest BCUT2D eigenvalue weighted by Gasteiger charge is -2.23. The molecule has 10 aromatic carbocycles. The number of hydrogen-bond acceptors (Lipinski definition) is 15. The van der Waals surface area contributed by atoms with Crippen LogP contribution in [-0.4, -0.2) is 124 Å². The Morgan fingerprint density at radius 1 is 0.262 bits per heavy atom. The Labute approximate surface area is 839 Å². The summed E-state index contributed by atoms with van der Waals surface area (Å²) in [5.41, 5.74) is 5.14. The maximum absolute atomic E-state index is 14.1. The lowest BCUT2D eigenvalue weighted by molar-refractivity contribution is -0.138. The molecule has 0 saturated carbocycles. The molecule has 0 fully saturated rings. The average molecular weight is 2060 g/mol. The monoisotopic (exact) mass is 2050 g/mol. The summed E-state index contributed by atoms with van der Waals surface area (Å²) in [6, 6.07) is 71.4. The number of rotatable bonds is 40. The molecular weight excluding hydrogens is 1950 g/mol. The second kappa shape index (κ2) is 55.4. The van der Waals surface area contributed by atoms with Crippen LogP contribution in [0.5, 0.6) is 28.7 Å². The molecule has 0 bridgehead atoms. The van der Waals surface area contributed by atoms with Crippen molar-refractivity contribution in [2.75, 3.05) is 65.8 Å². The van der Waals surface area contributed by atoms with Gasteiger partial charge in [0.2, 0.25) is 0 Å². The van der Waals surface area contributed by atoms with Gasteiger partial charge in [-0.3, -0.25) is 39.5 Å². The number of nitrogens with zero attached hydrogens (tertiary/aromatic N) is 12. The minimum absolute atomic E-state index is 0.240. The molecule has 0 radical (unpaired) electrons. The van der Waals surface area contributed by atoms with E-state index in [1.807, 2.05) is 149 Å². The van der Waals surface area contributed by atoms with Crippen LogP contribution in [-0.2, 0) is 110 Å². The van der Waals surface area contributed by atoms with E-state index in [0.717, 1.165) is 107 Å². The first-order valence-corrected chi connectivity index (χ1v) is 46.4. The first-order chi connectivity index (χ1) is 69.4. The van der Waals surface area contributed by atoms with Crippen molar-refractivity contribution in [1.29, 1.82) is 0 Å². The molecule has 15 aromatic rings. The Kier molecular flexibility index (Phi) is 42.6. The van der Waals surface area contributed by atoms with Gasteiger partial charge in [0, 0.05) is 182 Å². The van der Waals surface area contributed by atoms with Gasteiger partial charge in [-0.05, 0) is 210 Å². The van der Waals surface area contributed by atoms with E-state index in [1.54, 1.807) is 79.8 Å². The highest BCUT2D eigenvalue weighted by Gasteiger charge is 2.34. The van der Waals surface area contributed by atoms with Gasteiger partial charge in [-0.15, -0.1) is 0 Å². The summed E-state index contributed by atoms with van der Waals surface area (Å²) in [4.78, 5) is 31.6. The van der Waals surface area contributed by atoms with Crippen LogP contribution < -0.4 is 23.7 Å². The van der Waals surface area contributed by atoms with Crippen molar-refractivity contribution in [3.8, 4) is 28.7 Å². The highest BCUT2D eigenvalue weighted by Crippen LogP contribution is 2.36. The molecule has 0 N–H and O–H groups in total. The first kappa shape index (κ1) is 112. The number of benzene rings is 10. The highest BCUT2D eigenvalue weighted by atomic mass is 35.5. The Morgan fingerprint density at radius 3 is 0.731 bits per heavy atom. The van der Waals surface area contributed by atoms with Crippen LogP contribution >= 0.6 is 23.2 Å². The van der Waals surface area contributed by atoms with Crippen LogP contribution in [0, 0.1) is 18.6 Å². The van der Waals surface area contributed by atoms with E-state index in [9.17, 15) is 74.6 Å². The maximum atomic E-state index is 14.1. The number of hydrogen-bond donors (Lipinski definition) is 0. The van der Waals surface area contributed by atoms with E-state index in [2.05, 4.69) is 58.7 Å². The van der Waals surface area contributed by atoms with Gasteiger partial charge < -0.3 is 32.8 Å². The summed E-state index contributed by atoms with van der Waals surface area (Å²) in [6.07, 6.45) is -4.16. The van der Waals surface area contributed by atoms with Gasteiger partial charge in [-0.1, -0.05) is 138 Å². The topological polar surface area (TPSA) is 137 Å². The van der Waals surface area contributed by atoms with Gasteiger partial charge in [0.1, 0.15) is 85.1 Å². The molecule has 145 heavy (non-hydrogen) atoms. The minimum Gasteiger partial charge on any atom is -0.492 e. The molecule has 0 aliphatic heterocycles. The third kappa shape index (κ3) is 38.7. The number of imidazole rings is 2. The van der Waals surface area contributed by atoms with E-state index >= 15 is 0 Å². The summed E-state index contributed by atoms with van der Waals surface area (Å²) in [5, 5.41) is 1.37. The fourth-order valence-corrected chi connectivity index (χ4v) is 14.9. The zero-order chi connectivity index (χ0) is 104. The van der Waals surface area contributed by atoms with E-state index < -0.39 is 58.7 Å². The molecule has 764 valence electrons. The number of ether oxygens (including phenoxy) is 5. The molecule has 5 heterocycles. The van der Waals surface area contributed by atoms with Crippen LogP contribution in [0.4, 0.5) is 74.6 Å². The van der Waals surface area contributed by atoms with Crippen molar-refractivity contribution in [3.05, 3.63) is 452 Å². The number of aryl methyl sites for hydroxylation is 3. The molecule has 0 spiro atoms. The average Bonchev–Trinajstić information content (AvgIpc) is 1.44. The van der Waals surface area contributed by atoms with E-state index in [1.165, 1.54) is 83.9 Å². The molecule has 15 rings (SSSR count). The van der Waals surface area contributed by atoms with Crippen LogP contribution in [0.25, 0.3) is 0 Å². The second-order valence-corrected chi connectivity index (χ2v) is 34.0. The number of aromatic nitrogens is 7. The predicted octanol–water partition coefficient (Wildman–Crippen LogP) is 26.5. The third-order valence-electron chi connectivity index (χ3n) is 22.3. The van der Waals surface area contributed by atoms with E-state index in [4.69, 9.17) is 46.9 Å². The van der Waals surface area contributed by atoms with Crippen molar-refractivity contribution >= 4 is 23.2 Å². The summed E-state index contributed by atoms with van der Waals surface area (Å²) in [5.74, 6) is 3.06. The SMILES string of the molecule is Cc1ccccc1CN(CCOc1ccc(C(F)(F)F)cc1)Cc1cccnc1.Cn1ccnc1CN(CCOc1ccc(C(F)(F)F)cc1)Cc1ccccc1Cl.Cn1ccnc1CN(CCOc1ccc(C(F)(F)F)cc1)Cc1ccccc1F.FC(F)(F)c1ccc(OCCN(Cc2cccnc2)Cc2ccccc2Cl)cc1.Fc1ccccc1CN(CCOc1ccc(C(F)(F)F)cc1)Cc1cccnc1. The number of alkyl halides is 15. The normalized spacial score (nSPS) is 11.7.